The fraction of sp³-hybridized carbons (Fsp3) is 0.111. The Bertz CT molecular complexity index is 383. The molecule has 0 spiro atoms. The van der Waals surface area contributed by atoms with Crippen LogP contribution < -0.4 is 9.47 Å². The molecule has 1 aromatic carbocycles. The Balaban J connectivity index is 2.10. The second-order valence-corrected chi connectivity index (χ2v) is 2.59. The van der Waals surface area contributed by atoms with E-state index in [-0.39, 0.29) is 0 Å². The number of nitrogens with zero attached hydrogens (tertiary/aromatic N) is 2. The fourth-order valence-corrected chi connectivity index (χ4v) is 1.00. The minimum absolute atomic E-state index is 0.440. The van der Waals surface area contributed by atoms with Gasteiger partial charge >= 0.3 is 0 Å². The molecule has 0 aliphatic carbocycles. The molecule has 0 aliphatic rings. The van der Waals surface area contributed by atoms with Crippen molar-refractivity contribution in [2.45, 2.75) is 0 Å². The van der Waals surface area contributed by atoms with Crippen molar-refractivity contribution in [2.75, 3.05) is 7.11 Å². The maximum atomic E-state index is 5.36. The number of rotatable bonds is 3. The van der Waals surface area contributed by atoms with Crippen LogP contribution in [0.15, 0.2) is 30.5 Å². The van der Waals surface area contributed by atoms with Gasteiger partial charge in [-0.25, -0.2) is 0 Å². The van der Waals surface area contributed by atoms with Crippen molar-refractivity contribution in [3.63, 3.8) is 0 Å². The zero-order valence-corrected chi connectivity index (χ0v) is 7.60. The predicted molar refractivity (Wildman–Crippen MR) is 49.5 cm³/mol. The van der Waals surface area contributed by atoms with E-state index >= 15 is 0 Å². The third-order valence-electron chi connectivity index (χ3n) is 1.67. The molecule has 0 fully saturated rings. The normalized spacial score (nSPS) is 9.79. The maximum absolute atomic E-state index is 5.36. The monoisotopic (exact) mass is 191 g/mol. The lowest BCUT2D eigenvalue weighted by Gasteiger charge is -2.02. The molecule has 1 aromatic heterocycles. The number of nitrogens with one attached hydrogen (secondary N) is 1. The Labute approximate surface area is 80.7 Å². The number of ether oxygens (including phenoxy) is 2. The van der Waals surface area contributed by atoms with Gasteiger partial charge in [0.15, 0.2) is 0 Å². The zero-order chi connectivity index (χ0) is 9.80. The van der Waals surface area contributed by atoms with Crippen LogP contribution in [0.5, 0.6) is 17.4 Å². The van der Waals surface area contributed by atoms with Crippen LogP contribution in [0.2, 0.25) is 0 Å². The fourth-order valence-electron chi connectivity index (χ4n) is 1.00. The van der Waals surface area contributed by atoms with E-state index in [9.17, 15) is 0 Å². The van der Waals surface area contributed by atoms with Crippen LogP contribution in [-0.2, 0) is 0 Å². The van der Waals surface area contributed by atoms with E-state index in [4.69, 9.17) is 9.47 Å². The Morgan fingerprint density at radius 3 is 2.43 bits per heavy atom. The van der Waals surface area contributed by atoms with Gasteiger partial charge < -0.3 is 9.47 Å². The molecule has 0 aliphatic heterocycles. The molecule has 0 unspecified atom stereocenters. The van der Waals surface area contributed by atoms with Crippen LogP contribution in [0.1, 0.15) is 0 Å². The second-order valence-electron chi connectivity index (χ2n) is 2.59. The van der Waals surface area contributed by atoms with Crippen LogP contribution >= 0.6 is 0 Å². The lowest BCUT2D eigenvalue weighted by atomic mass is 10.3. The minimum atomic E-state index is 0.440. The van der Waals surface area contributed by atoms with E-state index in [2.05, 4.69) is 15.4 Å². The van der Waals surface area contributed by atoms with Gasteiger partial charge in [-0.2, -0.15) is 10.3 Å². The molecular formula is C9H9N3O2. The van der Waals surface area contributed by atoms with Crippen molar-refractivity contribution >= 4 is 0 Å². The van der Waals surface area contributed by atoms with Crippen LogP contribution in [0.4, 0.5) is 0 Å². The van der Waals surface area contributed by atoms with E-state index in [1.54, 1.807) is 19.2 Å². The third kappa shape index (κ3) is 1.82. The van der Waals surface area contributed by atoms with Crippen LogP contribution in [0.25, 0.3) is 0 Å². The standard InChI is InChI=1S/C9H9N3O2/c1-13-7-2-4-8(5-3-7)14-9-6-10-12-11-9/h2-6H,1H3,(H,10,11,12). The summed E-state index contributed by atoms with van der Waals surface area (Å²) in [5.41, 5.74) is 0. The average Bonchev–Trinajstić information content (AvgIpc) is 2.72. The van der Waals surface area contributed by atoms with Gasteiger partial charge in [-0.3, -0.25) is 0 Å². The topological polar surface area (TPSA) is 60.0 Å². The van der Waals surface area contributed by atoms with Gasteiger partial charge in [-0.15, -0.1) is 5.10 Å². The van der Waals surface area contributed by atoms with Crippen molar-refractivity contribution in [2.24, 2.45) is 0 Å². The first-order chi connectivity index (χ1) is 6.88. The number of aromatic amines is 1. The number of methoxy groups -OCH3 is 1. The molecule has 14 heavy (non-hydrogen) atoms. The van der Waals surface area contributed by atoms with E-state index in [1.807, 2.05) is 12.1 Å². The van der Waals surface area contributed by atoms with Crippen LogP contribution in [0, 0.1) is 0 Å². The van der Waals surface area contributed by atoms with Crippen molar-refractivity contribution in [1.82, 2.24) is 15.4 Å². The minimum Gasteiger partial charge on any atom is -0.497 e. The molecule has 0 bridgehead atoms. The Kier molecular flexibility index (Phi) is 2.31. The van der Waals surface area contributed by atoms with Crippen molar-refractivity contribution in [3.05, 3.63) is 30.5 Å². The summed E-state index contributed by atoms with van der Waals surface area (Å²) in [6.45, 7) is 0. The molecule has 2 aromatic rings. The summed E-state index contributed by atoms with van der Waals surface area (Å²) in [6.07, 6.45) is 1.50. The summed E-state index contributed by atoms with van der Waals surface area (Å²) in [5, 5.41) is 9.85. The molecule has 72 valence electrons. The molecule has 1 heterocycles. The maximum Gasteiger partial charge on any atom is 0.258 e. The summed E-state index contributed by atoms with van der Waals surface area (Å²) >= 11 is 0. The summed E-state index contributed by atoms with van der Waals surface area (Å²) in [4.78, 5) is 0. The molecule has 5 nitrogen and oxygen atoms in total. The molecular weight excluding hydrogens is 182 g/mol. The molecule has 0 radical (unpaired) electrons. The van der Waals surface area contributed by atoms with Gasteiger partial charge in [0.2, 0.25) is 0 Å². The van der Waals surface area contributed by atoms with E-state index < -0.39 is 0 Å². The van der Waals surface area contributed by atoms with Gasteiger partial charge in [-0.05, 0) is 24.3 Å². The Morgan fingerprint density at radius 1 is 1.14 bits per heavy atom. The van der Waals surface area contributed by atoms with Crippen molar-refractivity contribution < 1.29 is 9.47 Å². The van der Waals surface area contributed by atoms with E-state index in [0.717, 1.165) is 5.75 Å². The number of benzene rings is 1. The summed E-state index contributed by atoms with van der Waals surface area (Å²) in [7, 11) is 1.62. The Hall–Kier alpha value is -2.04. The van der Waals surface area contributed by atoms with Gasteiger partial charge in [0.05, 0.1) is 7.11 Å². The van der Waals surface area contributed by atoms with Gasteiger partial charge in [0.25, 0.3) is 5.88 Å². The van der Waals surface area contributed by atoms with Crippen LogP contribution in [0.3, 0.4) is 0 Å². The molecule has 0 atom stereocenters. The Morgan fingerprint density at radius 2 is 1.86 bits per heavy atom. The molecule has 0 saturated heterocycles. The lowest BCUT2D eigenvalue weighted by molar-refractivity contribution is 0.412. The summed E-state index contributed by atoms with van der Waals surface area (Å²) < 4.78 is 10.4. The first-order valence-electron chi connectivity index (χ1n) is 4.06. The number of aromatic nitrogens is 3. The van der Waals surface area contributed by atoms with E-state index in [1.165, 1.54) is 6.20 Å². The highest BCUT2D eigenvalue weighted by atomic mass is 16.5. The van der Waals surface area contributed by atoms with Gasteiger partial charge in [-0.1, -0.05) is 0 Å². The predicted octanol–water partition coefficient (Wildman–Crippen LogP) is 1.61. The second kappa shape index (κ2) is 3.78. The average molecular weight is 191 g/mol. The van der Waals surface area contributed by atoms with Gasteiger partial charge in [0, 0.05) is 0 Å². The molecule has 0 saturated carbocycles. The van der Waals surface area contributed by atoms with Crippen molar-refractivity contribution in [1.29, 1.82) is 0 Å². The quantitative estimate of drug-likeness (QED) is 0.800. The summed E-state index contributed by atoms with van der Waals surface area (Å²) in [5.74, 6) is 1.92. The van der Waals surface area contributed by atoms with Crippen LogP contribution in [-0.4, -0.2) is 22.5 Å². The highest BCUT2D eigenvalue weighted by molar-refractivity contribution is 5.32. The molecule has 2 rings (SSSR count). The third-order valence-corrected chi connectivity index (χ3v) is 1.67. The number of H-pyrrole nitrogens is 1. The first kappa shape index (κ1) is 8.55. The molecule has 1 N–H and O–H groups in total. The number of hydrogen-bond acceptors (Lipinski definition) is 4. The molecule has 0 amide bonds. The van der Waals surface area contributed by atoms with Crippen molar-refractivity contribution in [3.8, 4) is 17.4 Å². The molecule has 5 heteroatoms. The van der Waals surface area contributed by atoms with E-state index in [0.29, 0.717) is 11.6 Å². The number of hydrogen-bond donors (Lipinski definition) is 1. The summed E-state index contributed by atoms with van der Waals surface area (Å²) in [6, 6.07) is 7.23. The first-order valence-corrected chi connectivity index (χ1v) is 4.06. The SMILES string of the molecule is COc1ccc(Oc2cn[nH]n2)cc1. The highest BCUT2D eigenvalue weighted by Gasteiger charge is 1.99. The largest absolute Gasteiger partial charge is 0.497 e. The zero-order valence-electron chi connectivity index (χ0n) is 7.60. The van der Waals surface area contributed by atoms with Gasteiger partial charge in [0.1, 0.15) is 17.7 Å². The highest BCUT2D eigenvalue weighted by Crippen LogP contribution is 2.21. The smallest absolute Gasteiger partial charge is 0.258 e. The lowest BCUT2D eigenvalue weighted by Crippen LogP contribution is -1.85.